The third-order valence-corrected chi connectivity index (χ3v) is 4.07. The van der Waals surface area contributed by atoms with E-state index >= 15 is 0 Å². The summed E-state index contributed by atoms with van der Waals surface area (Å²) in [6.45, 7) is 0. The van der Waals surface area contributed by atoms with Gasteiger partial charge in [-0.1, -0.05) is 58.5 Å². The Morgan fingerprint density at radius 3 is 1.23 bits per heavy atom. The summed E-state index contributed by atoms with van der Waals surface area (Å²) in [6, 6.07) is 9.47. The highest BCUT2D eigenvalue weighted by molar-refractivity contribution is 6.44. The lowest BCUT2D eigenvalue weighted by molar-refractivity contribution is 0.0992. The molecule has 8 heteroatoms. The largest absolute Gasteiger partial charge is 0.366 e. The third-order valence-electron chi connectivity index (χ3n) is 2.43. The van der Waals surface area contributed by atoms with Gasteiger partial charge in [0.1, 0.15) is 0 Å². The Hall–Kier alpha value is -1.46. The summed E-state index contributed by atoms with van der Waals surface area (Å²) >= 11 is 22.5. The highest BCUT2D eigenvalue weighted by atomic mass is 35.5. The van der Waals surface area contributed by atoms with Gasteiger partial charge in [0.05, 0.1) is 31.2 Å². The number of hydrogen-bond donors (Lipinski definition) is 2. The molecule has 0 aliphatic heterocycles. The van der Waals surface area contributed by atoms with Crippen molar-refractivity contribution in [1.82, 2.24) is 0 Å². The molecule has 2 aromatic carbocycles. The van der Waals surface area contributed by atoms with Crippen LogP contribution in [-0.4, -0.2) is 11.8 Å². The van der Waals surface area contributed by atoms with E-state index in [1.54, 1.807) is 24.3 Å². The first-order chi connectivity index (χ1) is 10.3. The summed E-state index contributed by atoms with van der Waals surface area (Å²) in [5, 5.41) is 1.09. The van der Waals surface area contributed by atoms with Gasteiger partial charge >= 0.3 is 0 Å². The van der Waals surface area contributed by atoms with Gasteiger partial charge in [0, 0.05) is 0 Å². The molecule has 2 rings (SSSR count). The van der Waals surface area contributed by atoms with Gasteiger partial charge in [0.25, 0.3) is 0 Å². The van der Waals surface area contributed by atoms with Crippen LogP contribution in [0, 0.1) is 0 Å². The zero-order valence-corrected chi connectivity index (χ0v) is 14.0. The molecule has 0 radical (unpaired) electrons. The molecule has 0 atom stereocenters. The molecule has 22 heavy (non-hydrogen) atoms. The predicted octanol–water partition coefficient (Wildman–Crippen LogP) is 4.18. The molecule has 0 aromatic heterocycles. The molecule has 2 aromatic rings. The van der Waals surface area contributed by atoms with Crippen LogP contribution in [0.25, 0.3) is 0 Å². The van der Waals surface area contributed by atoms with E-state index in [-0.39, 0.29) is 21.2 Å². The van der Waals surface area contributed by atoms with E-state index in [2.05, 4.69) is 0 Å². The quantitative estimate of drug-likeness (QED) is 0.819. The predicted molar refractivity (Wildman–Crippen MR) is 90.0 cm³/mol. The molecule has 0 aliphatic rings. The number of benzene rings is 2. The Balaban J connectivity index is 0.000000220. The molecule has 0 saturated heterocycles. The van der Waals surface area contributed by atoms with Gasteiger partial charge in [0.2, 0.25) is 11.8 Å². The third kappa shape index (κ3) is 4.78. The molecule has 4 N–H and O–H groups in total. The molecule has 0 aliphatic carbocycles. The molecular formula is C14H10Cl4N2O2. The maximum atomic E-state index is 10.7. The second kappa shape index (κ2) is 8.25. The number of halogens is 4. The van der Waals surface area contributed by atoms with E-state index < -0.39 is 11.8 Å². The molecule has 0 unspecified atom stereocenters. The SMILES string of the molecule is NC(=O)c1cccc(Cl)c1Cl.NC(=O)c1cccc(Cl)c1Cl. The summed E-state index contributed by atoms with van der Waals surface area (Å²) < 4.78 is 0. The van der Waals surface area contributed by atoms with E-state index in [9.17, 15) is 9.59 Å². The fourth-order valence-electron chi connectivity index (χ4n) is 1.39. The number of hydrogen-bond acceptors (Lipinski definition) is 2. The Labute approximate surface area is 146 Å². The highest BCUT2D eigenvalue weighted by Gasteiger charge is 2.08. The first-order valence-corrected chi connectivity index (χ1v) is 7.24. The Bertz CT molecular complexity index is 658. The molecule has 0 fully saturated rings. The average molecular weight is 380 g/mol. The van der Waals surface area contributed by atoms with E-state index in [4.69, 9.17) is 57.9 Å². The number of nitrogens with two attached hydrogens (primary N) is 2. The molecule has 0 spiro atoms. The highest BCUT2D eigenvalue weighted by Crippen LogP contribution is 2.25. The van der Waals surface area contributed by atoms with Crippen molar-refractivity contribution in [1.29, 1.82) is 0 Å². The lowest BCUT2D eigenvalue weighted by atomic mass is 10.2. The number of amides is 2. The maximum Gasteiger partial charge on any atom is 0.250 e. The first kappa shape index (κ1) is 18.6. The molecule has 2 amide bonds. The van der Waals surface area contributed by atoms with Gasteiger partial charge in [-0.05, 0) is 24.3 Å². The van der Waals surface area contributed by atoms with Crippen molar-refractivity contribution < 1.29 is 9.59 Å². The first-order valence-electron chi connectivity index (χ1n) is 5.73. The normalized spacial score (nSPS) is 9.64. The maximum absolute atomic E-state index is 10.7. The minimum absolute atomic E-state index is 0.210. The molecule has 116 valence electrons. The van der Waals surface area contributed by atoms with Gasteiger partial charge in [0.15, 0.2) is 0 Å². The van der Waals surface area contributed by atoms with Gasteiger partial charge in [-0.15, -0.1) is 0 Å². The summed E-state index contributed by atoms with van der Waals surface area (Å²) in [5.74, 6) is -1.14. The monoisotopic (exact) mass is 378 g/mol. The topological polar surface area (TPSA) is 86.2 Å². The van der Waals surface area contributed by atoms with Crippen molar-refractivity contribution in [3.8, 4) is 0 Å². The van der Waals surface area contributed by atoms with Crippen molar-refractivity contribution in [3.05, 3.63) is 67.6 Å². The van der Waals surface area contributed by atoms with Crippen LogP contribution >= 0.6 is 46.4 Å². The van der Waals surface area contributed by atoms with Gasteiger partial charge in [-0.2, -0.15) is 0 Å². The van der Waals surface area contributed by atoms with Gasteiger partial charge in [-0.25, -0.2) is 0 Å². The van der Waals surface area contributed by atoms with Crippen molar-refractivity contribution in [2.75, 3.05) is 0 Å². The van der Waals surface area contributed by atoms with Gasteiger partial charge < -0.3 is 11.5 Å². The van der Waals surface area contributed by atoms with Crippen molar-refractivity contribution in [2.24, 2.45) is 11.5 Å². The minimum Gasteiger partial charge on any atom is -0.366 e. The zero-order chi connectivity index (χ0) is 16.9. The Kier molecular flexibility index (Phi) is 6.97. The van der Waals surface area contributed by atoms with Crippen LogP contribution in [0.2, 0.25) is 20.1 Å². The summed E-state index contributed by atoms with van der Waals surface area (Å²) in [4.78, 5) is 21.3. The van der Waals surface area contributed by atoms with Crippen LogP contribution in [-0.2, 0) is 0 Å². The number of carbonyl (C=O) groups is 2. The smallest absolute Gasteiger partial charge is 0.250 e. The number of rotatable bonds is 2. The summed E-state index contributed by atoms with van der Waals surface area (Å²) in [7, 11) is 0. The van der Waals surface area contributed by atoms with E-state index in [0.29, 0.717) is 10.0 Å². The Morgan fingerprint density at radius 1 is 0.682 bits per heavy atom. The van der Waals surface area contributed by atoms with E-state index in [1.807, 2.05) is 0 Å². The van der Waals surface area contributed by atoms with Crippen LogP contribution in [0.4, 0.5) is 0 Å². The lowest BCUT2D eigenvalue weighted by Gasteiger charge is -1.99. The molecule has 0 saturated carbocycles. The average Bonchev–Trinajstić information content (AvgIpc) is 2.45. The van der Waals surface area contributed by atoms with Gasteiger partial charge in [-0.3, -0.25) is 9.59 Å². The molecule has 4 nitrogen and oxygen atoms in total. The summed E-state index contributed by atoms with van der Waals surface area (Å²) in [6.07, 6.45) is 0. The second-order valence-electron chi connectivity index (χ2n) is 3.93. The number of carbonyl (C=O) groups excluding carboxylic acids is 2. The van der Waals surface area contributed by atoms with Crippen molar-refractivity contribution in [3.63, 3.8) is 0 Å². The fourth-order valence-corrected chi connectivity index (χ4v) is 2.18. The number of primary amides is 2. The standard InChI is InChI=1S/2C7H5Cl2NO/c2*8-5-3-1-2-4(6(5)9)7(10)11/h2*1-3H,(H2,10,11). The van der Waals surface area contributed by atoms with E-state index in [0.717, 1.165) is 0 Å². The lowest BCUT2D eigenvalue weighted by Crippen LogP contribution is -2.11. The van der Waals surface area contributed by atoms with Crippen LogP contribution in [0.15, 0.2) is 36.4 Å². The second-order valence-corrected chi connectivity index (χ2v) is 5.50. The Morgan fingerprint density at radius 2 is 1.00 bits per heavy atom. The molecule has 0 bridgehead atoms. The van der Waals surface area contributed by atoms with Crippen molar-refractivity contribution >= 4 is 58.2 Å². The van der Waals surface area contributed by atoms with Crippen LogP contribution in [0.1, 0.15) is 20.7 Å². The van der Waals surface area contributed by atoms with E-state index in [1.165, 1.54) is 12.1 Å². The van der Waals surface area contributed by atoms with Crippen LogP contribution in [0.3, 0.4) is 0 Å². The van der Waals surface area contributed by atoms with Crippen molar-refractivity contribution in [2.45, 2.75) is 0 Å². The zero-order valence-electron chi connectivity index (χ0n) is 10.9. The minimum atomic E-state index is -0.572. The molecule has 0 heterocycles. The van der Waals surface area contributed by atoms with Crippen LogP contribution in [0.5, 0.6) is 0 Å². The van der Waals surface area contributed by atoms with Crippen LogP contribution < -0.4 is 11.5 Å². The molecular weight excluding hydrogens is 370 g/mol. The fraction of sp³-hybridized carbons (Fsp3) is 0. The summed E-state index contributed by atoms with van der Waals surface area (Å²) in [5.41, 5.74) is 10.5.